The molecular weight excluding hydrogens is 283 g/mol. The average Bonchev–Trinajstić information content (AvgIpc) is 2.42. The van der Waals surface area contributed by atoms with Gasteiger partial charge in [0.05, 0.1) is 5.69 Å². The lowest BCUT2D eigenvalue weighted by molar-refractivity contribution is 0.304. The molecule has 0 aromatic heterocycles. The first-order valence-corrected chi connectivity index (χ1v) is 6.64. The van der Waals surface area contributed by atoms with Crippen LogP contribution in [0.5, 0.6) is 0 Å². The molecular formula is C14H20F3N3O. The number of rotatable bonds is 7. The monoisotopic (exact) mass is 303 g/mol. The molecule has 0 atom stereocenters. The number of hydrogen-bond donors (Lipinski definition) is 3. The number of nitrogens with two attached hydrogens (primary N) is 1. The maximum Gasteiger partial charge on any atom is 0.182 e. The van der Waals surface area contributed by atoms with Gasteiger partial charge in [-0.1, -0.05) is 25.4 Å². The lowest BCUT2D eigenvalue weighted by atomic mass is 9.86. The topological polar surface area (TPSA) is 70.6 Å². The van der Waals surface area contributed by atoms with Gasteiger partial charge >= 0.3 is 0 Å². The Hall–Kier alpha value is -1.92. The summed E-state index contributed by atoms with van der Waals surface area (Å²) in [5.74, 6) is -2.99. The minimum Gasteiger partial charge on any atom is -0.409 e. The maximum absolute atomic E-state index is 13.4. The third-order valence-electron chi connectivity index (χ3n) is 3.34. The third kappa shape index (κ3) is 4.84. The highest BCUT2D eigenvalue weighted by Crippen LogP contribution is 2.24. The fourth-order valence-electron chi connectivity index (χ4n) is 1.86. The van der Waals surface area contributed by atoms with Gasteiger partial charge in [-0.05, 0) is 12.8 Å². The highest BCUT2D eigenvalue weighted by molar-refractivity contribution is 5.85. The molecule has 1 aromatic rings. The Balaban J connectivity index is 2.42. The second kappa shape index (κ2) is 7.19. The predicted octanol–water partition coefficient (Wildman–Crippen LogP) is 3.46. The summed E-state index contributed by atoms with van der Waals surface area (Å²) in [5.41, 5.74) is 4.93. The van der Waals surface area contributed by atoms with E-state index in [1.165, 1.54) is 0 Å². The molecule has 0 aliphatic heterocycles. The van der Waals surface area contributed by atoms with Gasteiger partial charge in [-0.25, -0.2) is 13.2 Å². The van der Waals surface area contributed by atoms with E-state index in [1.54, 1.807) is 0 Å². The second-order valence-electron chi connectivity index (χ2n) is 5.50. The van der Waals surface area contributed by atoms with Gasteiger partial charge in [-0.3, -0.25) is 0 Å². The van der Waals surface area contributed by atoms with Crippen LogP contribution >= 0.6 is 0 Å². The number of amidine groups is 1. The van der Waals surface area contributed by atoms with Crippen molar-refractivity contribution < 1.29 is 18.4 Å². The first-order chi connectivity index (χ1) is 9.77. The Morgan fingerprint density at radius 1 is 1.29 bits per heavy atom. The molecule has 0 heterocycles. The van der Waals surface area contributed by atoms with E-state index < -0.39 is 22.9 Å². The summed E-state index contributed by atoms with van der Waals surface area (Å²) in [4.78, 5) is 0. The zero-order valence-corrected chi connectivity index (χ0v) is 12.1. The van der Waals surface area contributed by atoms with Crippen molar-refractivity contribution in [2.75, 3.05) is 11.9 Å². The van der Waals surface area contributed by atoms with Crippen LogP contribution in [0.2, 0.25) is 0 Å². The lowest BCUT2D eigenvalue weighted by Crippen LogP contribution is -2.31. The fourth-order valence-corrected chi connectivity index (χ4v) is 1.86. The van der Waals surface area contributed by atoms with Crippen LogP contribution in [0.3, 0.4) is 0 Å². The summed E-state index contributed by atoms with van der Waals surface area (Å²) >= 11 is 0. The van der Waals surface area contributed by atoms with Gasteiger partial charge in [0.15, 0.2) is 11.6 Å². The number of benzene rings is 1. The minimum absolute atomic E-state index is 0.147. The van der Waals surface area contributed by atoms with E-state index in [9.17, 15) is 13.2 Å². The fraction of sp³-hybridized carbons (Fsp3) is 0.500. The van der Waals surface area contributed by atoms with Crippen LogP contribution in [0.25, 0.3) is 0 Å². The molecule has 0 unspecified atom stereocenters. The van der Waals surface area contributed by atoms with E-state index in [-0.39, 0.29) is 11.5 Å². The summed E-state index contributed by atoms with van der Waals surface area (Å²) in [6, 6.07) is 1.42. The number of halogens is 3. The number of nitrogens with zero attached hydrogens (tertiary/aromatic N) is 1. The Morgan fingerprint density at radius 2 is 1.95 bits per heavy atom. The van der Waals surface area contributed by atoms with Crippen molar-refractivity contribution in [3.63, 3.8) is 0 Å². The summed E-state index contributed by atoms with van der Waals surface area (Å²) in [6.45, 7) is 4.06. The van der Waals surface area contributed by atoms with Crippen molar-refractivity contribution in [2.45, 2.75) is 33.1 Å². The molecule has 0 bridgehead atoms. The number of anilines is 1. The SMILES string of the molecule is CC(C)(CCCCNc1cc(F)cc(F)c1F)/C(N)=N/O. The predicted molar refractivity (Wildman–Crippen MR) is 75.8 cm³/mol. The number of oxime groups is 1. The molecule has 0 radical (unpaired) electrons. The standard InChI is InChI=1S/C14H20F3N3O/c1-14(2,13(18)20-21)5-3-4-6-19-11-8-9(15)7-10(16)12(11)17/h7-8,19,21H,3-6H2,1-2H3,(H2,18,20). The van der Waals surface area contributed by atoms with E-state index in [1.807, 2.05) is 13.8 Å². The molecule has 0 aliphatic carbocycles. The molecule has 118 valence electrons. The third-order valence-corrected chi connectivity index (χ3v) is 3.34. The van der Waals surface area contributed by atoms with E-state index in [2.05, 4.69) is 10.5 Å². The first kappa shape index (κ1) is 17.1. The van der Waals surface area contributed by atoms with Crippen LogP contribution in [0.4, 0.5) is 18.9 Å². The summed E-state index contributed by atoms with van der Waals surface area (Å²) in [7, 11) is 0. The van der Waals surface area contributed by atoms with Crippen LogP contribution in [-0.4, -0.2) is 17.6 Å². The summed E-state index contributed by atoms with van der Waals surface area (Å²) in [5, 5.41) is 14.3. The van der Waals surface area contributed by atoms with Gasteiger partial charge in [-0.2, -0.15) is 0 Å². The Morgan fingerprint density at radius 3 is 2.57 bits per heavy atom. The van der Waals surface area contributed by atoms with Crippen LogP contribution < -0.4 is 11.1 Å². The normalized spacial score (nSPS) is 12.5. The molecule has 0 fully saturated rings. The summed E-state index contributed by atoms with van der Waals surface area (Å²) < 4.78 is 39.3. The van der Waals surface area contributed by atoms with Gasteiger partial charge < -0.3 is 16.3 Å². The number of unbranched alkanes of at least 4 members (excludes halogenated alkanes) is 1. The van der Waals surface area contributed by atoms with Crippen LogP contribution in [-0.2, 0) is 0 Å². The van der Waals surface area contributed by atoms with Crippen molar-refractivity contribution >= 4 is 11.5 Å². The van der Waals surface area contributed by atoms with E-state index >= 15 is 0 Å². The highest BCUT2D eigenvalue weighted by atomic mass is 19.2. The van der Waals surface area contributed by atoms with Gasteiger partial charge in [0.2, 0.25) is 0 Å². The molecule has 1 aromatic carbocycles. The summed E-state index contributed by atoms with van der Waals surface area (Å²) in [6.07, 6.45) is 2.06. The molecule has 0 aliphatic rings. The molecule has 7 heteroatoms. The molecule has 0 amide bonds. The smallest absolute Gasteiger partial charge is 0.182 e. The Labute approximate surface area is 121 Å². The van der Waals surface area contributed by atoms with E-state index in [4.69, 9.17) is 10.9 Å². The van der Waals surface area contributed by atoms with E-state index in [0.717, 1.165) is 12.5 Å². The van der Waals surface area contributed by atoms with Crippen molar-refractivity contribution in [1.82, 2.24) is 0 Å². The molecule has 4 N–H and O–H groups in total. The number of hydrogen-bond acceptors (Lipinski definition) is 3. The molecule has 0 saturated carbocycles. The second-order valence-corrected chi connectivity index (χ2v) is 5.50. The first-order valence-electron chi connectivity index (χ1n) is 6.64. The zero-order chi connectivity index (χ0) is 16.0. The highest BCUT2D eigenvalue weighted by Gasteiger charge is 2.22. The van der Waals surface area contributed by atoms with Gasteiger partial charge in [-0.15, -0.1) is 0 Å². The van der Waals surface area contributed by atoms with Gasteiger partial charge in [0, 0.05) is 24.1 Å². The van der Waals surface area contributed by atoms with Crippen molar-refractivity contribution in [1.29, 1.82) is 0 Å². The van der Waals surface area contributed by atoms with Gasteiger partial charge in [0.25, 0.3) is 0 Å². The lowest BCUT2D eigenvalue weighted by Gasteiger charge is -2.22. The molecule has 0 saturated heterocycles. The molecule has 1 rings (SSSR count). The van der Waals surface area contributed by atoms with Crippen molar-refractivity contribution in [2.24, 2.45) is 16.3 Å². The zero-order valence-electron chi connectivity index (χ0n) is 12.1. The quantitative estimate of drug-likeness (QED) is 0.180. The largest absolute Gasteiger partial charge is 0.409 e. The minimum atomic E-state index is -1.22. The average molecular weight is 303 g/mol. The molecule has 4 nitrogen and oxygen atoms in total. The van der Waals surface area contributed by atoms with Crippen LogP contribution in [0, 0.1) is 22.9 Å². The molecule has 21 heavy (non-hydrogen) atoms. The van der Waals surface area contributed by atoms with Crippen LogP contribution in [0.1, 0.15) is 33.1 Å². The van der Waals surface area contributed by atoms with Crippen LogP contribution in [0.15, 0.2) is 17.3 Å². The van der Waals surface area contributed by atoms with Gasteiger partial charge in [0.1, 0.15) is 11.7 Å². The van der Waals surface area contributed by atoms with Crippen molar-refractivity contribution in [3.05, 3.63) is 29.6 Å². The van der Waals surface area contributed by atoms with E-state index in [0.29, 0.717) is 25.5 Å². The Bertz CT molecular complexity index is 518. The van der Waals surface area contributed by atoms with Crippen molar-refractivity contribution in [3.8, 4) is 0 Å². The number of nitrogens with one attached hydrogen (secondary N) is 1. The Kier molecular flexibility index (Phi) is 5.87. The molecule has 0 spiro atoms. The maximum atomic E-state index is 13.4.